The summed E-state index contributed by atoms with van der Waals surface area (Å²) in [4.78, 5) is 0. The molecule has 1 unspecified atom stereocenters. The summed E-state index contributed by atoms with van der Waals surface area (Å²) in [5, 5.41) is 3.57. The first kappa shape index (κ1) is 12.2. The highest BCUT2D eigenvalue weighted by Gasteiger charge is 2.26. The van der Waals surface area contributed by atoms with Crippen LogP contribution in [0.2, 0.25) is 0 Å². The van der Waals surface area contributed by atoms with Crippen LogP contribution < -0.4 is 14.8 Å². The molecule has 1 heterocycles. The van der Waals surface area contributed by atoms with Crippen molar-refractivity contribution in [2.24, 2.45) is 5.92 Å². The topological polar surface area (TPSA) is 30.5 Å². The third-order valence-corrected chi connectivity index (χ3v) is 3.43. The number of fused-ring (bicyclic) bond motifs is 1. The molecule has 1 aliphatic heterocycles. The molecule has 17 heavy (non-hydrogen) atoms. The minimum absolute atomic E-state index is 0.415. The number of hydrogen-bond donors (Lipinski definition) is 1. The smallest absolute Gasteiger partial charge is 0.164 e. The van der Waals surface area contributed by atoms with Crippen molar-refractivity contribution in [3.8, 4) is 11.5 Å². The SMILES string of the molecule is COc1ccc2c(c1OC)CCNC2C(C)C. The Morgan fingerprint density at radius 1 is 1.24 bits per heavy atom. The fourth-order valence-electron chi connectivity index (χ4n) is 2.61. The molecule has 1 aliphatic rings. The Hall–Kier alpha value is -1.22. The van der Waals surface area contributed by atoms with Gasteiger partial charge in [0.15, 0.2) is 11.5 Å². The number of rotatable bonds is 3. The van der Waals surface area contributed by atoms with Crippen molar-refractivity contribution in [2.45, 2.75) is 26.3 Å². The lowest BCUT2D eigenvalue weighted by atomic mass is 9.87. The lowest BCUT2D eigenvalue weighted by Gasteiger charge is -2.31. The first-order valence-corrected chi connectivity index (χ1v) is 6.16. The van der Waals surface area contributed by atoms with Crippen LogP contribution in [-0.2, 0) is 6.42 Å². The Balaban J connectivity index is 2.50. The van der Waals surface area contributed by atoms with Crippen LogP contribution in [0.1, 0.15) is 31.0 Å². The predicted molar refractivity (Wildman–Crippen MR) is 68.8 cm³/mol. The van der Waals surface area contributed by atoms with Crippen LogP contribution in [-0.4, -0.2) is 20.8 Å². The van der Waals surface area contributed by atoms with Crippen molar-refractivity contribution < 1.29 is 9.47 Å². The van der Waals surface area contributed by atoms with Gasteiger partial charge in [-0.2, -0.15) is 0 Å². The molecule has 0 spiro atoms. The molecule has 1 atom stereocenters. The van der Waals surface area contributed by atoms with E-state index in [1.807, 2.05) is 6.07 Å². The summed E-state index contributed by atoms with van der Waals surface area (Å²) < 4.78 is 10.9. The van der Waals surface area contributed by atoms with Gasteiger partial charge in [0.05, 0.1) is 14.2 Å². The van der Waals surface area contributed by atoms with Crippen LogP contribution in [0, 0.1) is 5.92 Å². The van der Waals surface area contributed by atoms with E-state index in [0.717, 1.165) is 24.5 Å². The summed E-state index contributed by atoms with van der Waals surface area (Å²) in [5.41, 5.74) is 2.65. The van der Waals surface area contributed by atoms with E-state index in [1.165, 1.54) is 11.1 Å². The molecule has 2 rings (SSSR count). The molecule has 3 nitrogen and oxygen atoms in total. The second-order valence-electron chi connectivity index (χ2n) is 4.79. The van der Waals surface area contributed by atoms with Crippen molar-refractivity contribution in [2.75, 3.05) is 20.8 Å². The van der Waals surface area contributed by atoms with Gasteiger partial charge in [0.25, 0.3) is 0 Å². The lowest BCUT2D eigenvalue weighted by Crippen LogP contribution is -2.33. The number of benzene rings is 1. The zero-order valence-corrected chi connectivity index (χ0v) is 11.0. The average molecular weight is 235 g/mol. The third kappa shape index (κ3) is 2.12. The first-order chi connectivity index (χ1) is 8.19. The van der Waals surface area contributed by atoms with Crippen LogP contribution in [0.5, 0.6) is 11.5 Å². The molecule has 1 aromatic rings. The summed E-state index contributed by atoms with van der Waals surface area (Å²) in [6.45, 7) is 5.48. The van der Waals surface area contributed by atoms with Gasteiger partial charge < -0.3 is 14.8 Å². The third-order valence-electron chi connectivity index (χ3n) is 3.43. The fourth-order valence-corrected chi connectivity index (χ4v) is 2.61. The van der Waals surface area contributed by atoms with Crippen LogP contribution >= 0.6 is 0 Å². The van der Waals surface area contributed by atoms with Gasteiger partial charge in [0.1, 0.15) is 0 Å². The number of hydrogen-bond acceptors (Lipinski definition) is 3. The van der Waals surface area contributed by atoms with Crippen molar-refractivity contribution in [1.29, 1.82) is 0 Å². The van der Waals surface area contributed by atoms with E-state index in [9.17, 15) is 0 Å². The van der Waals surface area contributed by atoms with Gasteiger partial charge in [-0.15, -0.1) is 0 Å². The number of ether oxygens (including phenoxy) is 2. The highest BCUT2D eigenvalue weighted by Crippen LogP contribution is 2.39. The van der Waals surface area contributed by atoms with Crippen molar-refractivity contribution in [3.05, 3.63) is 23.3 Å². The minimum atomic E-state index is 0.415. The Bertz CT molecular complexity index is 401. The van der Waals surface area contributed by atoms with Crippen LogP contribution in [0.25, 0.3) is 0 Å². The van der Waals surface area contributed by atoms with E-state index in [-0.39, 0.29) is 0 Å². The zero-order chi connectivity index (χ0) is 12.4. The van der Waals surface area contributed by atoms with Gasteiger partial charge >= 0.3 is 0 Å². The minimum Gasteiger partial charge on any atom is -0.493 e. The second-order valence-corrected chi connectivity index (χ2v) is 4.79. The van der Waals surface area contributed by atoms with Crippen molar-refractivity contribution >= 4 is 0 Å². The van der Waals surface area contributed by atoms with E-state index < -0.39 is 0 Å². The number of nitrogens with one attached hydrogen (secondary N) is 1. The summed E-state index contributed by atoms with van der Waals surface area (Å²) >= 11 is 0. The van der Waals surface area contributed by atoms with Crippen LogP contribution in [0.15, 0.2) is 12.1 Å². The molecule has 1 aromatic carbocycles. The normalized spacial score (nSPS) is 19.0. The summed E-state index contributed by atoms with van der Waals surface area (Å²) in [5.74, 6) is 2.31. The number of methoxy groups -OCH3 is 2. The maximum absolute atomic E-state index is 5.51. The molecule has 0 fully saturated rings. The summed E-state index contributed by atoms with van der Waals surface area (Å²) in [6, 6.07) is 4.58. The molecular weight excluding hydrogens is 214 g/mol. The Morgan fingerprint density at radius 2 is 2.00 bits per heavy atom. The standard InChI is InChI=1S/C14H21NO2/c1-9(2)13-10-5-6-12(16-3)14(17-4)11(10)7-8-15-13/h5-6,9,13,15H,7-8H2,1-4H3. The van der Waals surface area contributed by atoms with E-state index in [2.05, 4.69) is 25.2 Å². The Labute approximate surface area is 103 Å². The van der Waals surface area contributed by atoms with Crippen LogP contribution in [0.3, 0.4) is 0 Å². The van der Waals surface area contributed by atoms with Gasteiger partial charge in [-0.1, -0.05) is 19.9 Å². The van der Waals surface area contributed by atoms with E-state index in [0.29, 0.717) is 12.0 Å². The fraction of sp³-hybridized carbons (Fsp3) is 0.571. The summed E-state index contributed by atoms with van der Waals surface area (Å²) in [7, 11) is 3.40. The van der Waals surface area contributed by atoms with Gasteiger partial charge in [-0.05, 0) is 30.5 Å². The predicted octanol–water partition coefficient (Wildman–Crippen LogP) is 2.55. The maximum Gasteiger partial charge on any atom is 0.164 e. The Kier molecular flexibility index (Phi) is 3.57. The molecular formula is C14H21NO2. The molecule has 0 bridgehead atoms. The molecule has 0 radical (unpaired) electrons. The Morgan fingerprint density at radius 3 is 2.59 bits per heavy atom. The quantitative estimate of drug-likeness (QED) is 0.873. The maximum atomic E-state index is 5.51. The lowest BCUT2D eigenvalue weighted by molar-refractivity contribution is 0.340. The largest absolute Gasteiger partial charge is 0.493 e. The van der Waals surface area contributed by atoms with Crippen LogP contribution in [0.4, 0.5) is 0 Å². The molecule has 0 saturated carbocycles. The molecule has 0 aromatic heterocycles. The first-order valence-electron chi connectivity index (χ1n) is 6.16. The van der Waals surface area contributed by atoms with Gasteiger partial charge in [-0.25, -0.2) is 0 Å². The van der Waals surface area contributed by atoms with Crippen molar-refractivity contribution in [3.63, 3.8) is 0 Å². The molecule has 0 saturated heterocycles. The highest BCUT2D eigenvalue weighted by atomic mass is 16.5. The monoisotopic (exact) mass is 235 g/mol. The van der Waals surface area contributed by atoms with E-state index in [1.54, 1.807) is 14.2 Å². The molecule has 0 aliphatic carbocycles. The van der Waals surface area contributed by atoms with E-state index in [4.69, 9.17) is 9.47 Å². The zero-order valence-electron chi connectivity index (χ0n) is 11.0. The molecule has 3 heteroatoms. The van der Waals surface area contributed by atoms with E-state index >= 15 is 0 Å². The van der Waals surface area contributed by atoms with Crippen molar-refractivity contribution in [1.82, 2.24) is 5.32 Å². The van der Waals surface area contributed by atoms with Gasteiger partial charge in [0, 0.05) is 11.6 Å². The average Bonchev–Trinajstić information content (AvgIpc) is 2.36. The van der Waals surface area contributed by atoms with Gasteiger partial charge in [-0.3, -0.25) is 0 Å². The summed E-state index contributed by atoms with van der Waals surface area (Å²) in [6.07, 6.45) is 0.999. The second kappa shape index (κ2) is 4.96. The van der Waals surface area contributed by atoms with Gasteiger partial charge in [0.2, 0.25) is 0 Å². The molecule has 94 valence electrons. The molecule has 0 amide bonds. The molecule has 1 N–H and O–H groups in total. The highest BCUT2D eigenvalue weighted by molar-refractivity contribution is 5.52.